The number of ether oxygens (including phenoxy) is 1. The lowest BCUT2D eigenvalue weighted by atomic mass is 10.1. The van der Waals surface area contributed by atoms with Crippen LogP contribution in [-0.4, -0.2) is 4.99 Å². The number of halogens is 1. The molecule has 0 unspecified atom stereocenters. The van der Waals surface area contributed by atoms with Gasteiger partial charge in [-0.3, -0.25) is 0 Å². The molecule has 4 heteroatoms. The van der Waals surface area contributed by atoms with Crippen molar-refractivity contribution < 1.29 is 4.74 Å². The largest absolute Gasteiger partial charge is 0.489 e. The molecular weight excluding hydrogens is 362 g/mol. The lowest BCUT2D eigenvalue weighted by molar-refractivity contribution is 0.306. The Balaban J connectivity index is 1.56. The maximum Gasteiger partial charge on any atom is 0.119 e. The average Bonchev–Trinajstić information content (AvgIpc) is 2.67. The molecule has 0 saturated heterocycles. The molecule has 3 aromatic carbocycles. The van der Waals surface area contributed by atoms with Crippen LogP contribution in [0.4, 0.5) is 0 Å². The molecule has 0 heterocycles. The fraction of sp³-hybridized carbons (Fsp3) is 0.136. The van der Waals surface area contributed by atoms with E-state index in [1.165, 1.54) is 11.1 Å². The Bertz CT molecular complexity index is 893. The molecule has 26 heavy (non-hydrogen) atoms. The number of benzene rings is 3. The van der Waals surface area contributed by atoms with Crippen molar-refractivity contribution in [1.29, 1.82) is 0 Å². The number of thiocarbonyl (C=S) groups is 1. The molecule has 0 saturated carbocycles. The van der Waals surface area contributed by atoms with Crippen LogP contribution in [-0.2, 0) is 13.2 Å². The van der Waals surface area contributed by atoms with Crippen molar-refractivity contribution in [3.63, 3.8) is 0 Å². The van der Waals surface area contributed by atoms with Gasteiger partial charge in [-0.25, -0.2) is 0 Å². The quantitative estimate of drug-likeness (QED) is 0.554. The summed E-state index contributed by atoms with van der Waals surface area (Å²) in [6, 6.07) is 23.8. The van der Waals surface area contributed by atoms with Gasteiger partial charge in [0.25, 0.3) is 0 Å². The van der Waals surface area contributed by atoms with Gasteiger partial charge in [0.2, 0.25) is 0 Å². The van der Waals surface area contributed by atoms with Gasteiger partial charge in [0, 0.05) is 22.7 Å². The Kier molecular flexibility index (Phi) is 6.26. The van der Waals surface area contributed by atoms with E-state index in [1.807, 2.05) is 60.7 Å². The van der Waals surface area contributed by atoms with E-state index >= 15 is 0 Å². The van der Waals surface area contributed by atoms with E-state index in [0.29, 0.717) is 11.6 Å². The third kappa shape index (κ3) is 4.84. The van der Waals surface area contributed by atoms with Crippen LogP contribution in [0.5, 0.6) is 5.75 Å². The summed E-state index contributed by atoms with van der Waals surface area (Å²) in [6.45, 7) is 3.26. The maximum absolute atomic E-state index is 6.15. The first-order valence-electron chi connectivity index (χ1n) is 8.42. The van der Waals surface area contributed by atoms with Gasteiger partial charge in [-0.15, -0.1) is 0 Å². The van der Waals surface area contributed by atoms with Crippen LogP contribution in [0.15, 0.2) is 72.8 Å². The monoisotopic (exact) mass is 381 g/mol. The first kappa shape index (κ1) is 18.4. The van der Waals surface area contributed by atoms with Gasteiger partial charge in [-0.2, -0.15) is 0 Å². The number of nitrogens with one attached hydrogen (secondary N) is 1. The average molecular weight is 382 g/mol. The standard InChI is InChI=1S/C22H20ClNOS/c1-16-6-2-3-7-18(16)14-24-22(26)17-10-12-20(13-11-17)25-15-19-8-4-5-9-21(19)23/h2-13H,14-15H2,1H3,(H,24,26). The van der Waals surface area contributed by atoms with E-state index in [-0.39, 0.29) is 0 Å². The minimum Gasteiger partial charge on any atom is -0.489 e. The van der Waals surface area contributed by atoms with Crippen molar-refractivity contribution in [2.45, 2.75) is 20.1 Å². The van der Waals surface area contributed by atoms with Gasteiger partial charge >= 0.3 is 0 Å². The molecule has 132 valence electrons. The SMILES string of the molecule is Cc1ccccc1CNC(=S)c1ccc(OCc2ccccc2Cl)cc1. The number of aryl methyl sites for hydroxylation is 1. The normalized spacial score (nSPS) is 10.4. The van der Waals surface area contributed by atoms with Gasteiger partial charge in [-0.1, -0.05) is 66.3 Å². The molecule has 2 nitrogen and oxygen atoms in total. The van der Waals surface area contributed by atoms with Crippen molar-refractivity contribution in [3.8, 4) is 5.75 Å². The van der Waals surface area contributed by atoms with E-state index in [0.717, 1.165) is 28.4 Å². The highest BCUT2D eigenvalue weighted by atomic mass is 35.5. The lowest BCUT2D eigenvalue weighted by Gasteiger charge is -2.11. The van der Waals surface area contributed by atoms with Crippen molar-refractivity contribution in [1.82, 2.24) is 5.32 Å². The summed E-state index contributed by atoms with van der Waals surface area (Å²) in [7, 11) is 0. The fourth-order valence-corrected chi connectivity index (χ4v) is 2.96. The fourth-order valence-electron chi connectivity index (χ4n) is 2.57. The zero-order chi connectivity index (χ0) is 18.4. The maximum atomic E-state index is 6.15. The van der Waals surface area contributed by atoms with Crippen LogP contribution in [0.2, 0.25) is 5.02 Å². The van der Waals surface area contributed by atoms with Crippen LogP contribution >= 0.6 is 23.8 Å². The highest BCUT2D eigenvalue weighted by Crippen LogP contribution is 2.19. The topological polar surface area (TPSA) is 21.3 Å². The number of hydrogen-bond acceptors (Lipinski definition) is 2. The number of hydrogen-bond donors (Lipinski definition) is 1. The molecule has 0 aliphatic carbocycles. The summed E-state index contributed by atoms with van der Waals surface area (Å²) in [5, 5.41) is 4.03. The second kappa shape index (κ2) is 8.84. The summed E-state index contributed by atoms with van der Waals surface area (Å²) in [4.78, 5) is 0.728. The van der Waals surface area contributed by atoms with Crippen molar-refractivity contribution in [2.24, 2.45) is 0 Å². The minimum atomic E-state index is 0.439. The highest BCUT2D eigenvalue weighted by molar-refractivity contribution is 7.80. The number of rotatable bonds is 6. The van der Waals surface area contributed by atoms with Gasteiger partial charge in [0.15, 0.2) is 0 Å². The third-order valence-corrected chi connectivity index (χ3v) is 4.92. The predicted molar refractivity (Wildman–Crippen MR) is 112 cm³/mol. The molecule has 1 N–H and O–H groups in total. The van der Waals surface area contributed by atoms with Crippen molar-refractivity contribution >= 4 is 28.8 Å². The highest BCUT2D eigenvalue weighted by Gasteiger charge is 2.04. The van der Waals surface area contributed by atoms with E-state index in [9.17, 15) is 0 Å². The van der Waals surface area contributed by atoms with Crippen LogP contribution in [0.3, 0.4) is 0 Å². The summed E-state index contributed by atoms with van der Waals surface area (Å²) in [5.74, 6) is 0.787. The molecule has 0 atom stereocenters. The molecular formula is C22H20ClNOS. The van der Waals surface area contributed by atoms with Gasteiger partial charge < -0.3 is 10.1 Å². The summed E-state index contributed by atoms with van der Waals surface area (Å²) in [5.41, 5.74) is 4.44. The first-order chi connectivity index (χ1) is 12.6. The zero-order valence-electron chi connectivity index (χ0n) is 14.5. The van der Waals surface area contributed by atoms with Crippen LogP contribution in [0.25, 0.3) is 0 Å². The van der Waals surface area contributed by atoms with Crippen molar-refractivity contribution in [3.05, 3.63) is 100 Å². The second-order valence-corrected chi connectivity index (χ2v) is 6.83. The molecule has 0 aliphatic heterocycles. The van der Waals surface area contributed by atoms with Crippen molar-refractivity contribution in [2.75, 3.05) is 0 Å². The molecule has 0 aliphatic rings. The summed E-state index contributed by atoms with van der Waals surface area (Å²) < 4.78 is 5.80. The first-order valence-corrected chi connectivity index (χ1v) is 9.21. The molecule has 0 amide bonds. The van der Waals surface area contributed by atoms with Crippen LogP contribution < -0.4 is 10.1 Å². The molecule has 0 spiro atoms. The van der Waals surface area contributed by atoms with Gasteiger partial charge in [0.1, 0.15) is 17.3 Å². The lowest BCUT2D eigenvalue weighted by Crippen LogP contribution is -2.22. The Hall–Kier alpha value is -2.36. The van der Waals surface area contributed by atoms with Crippen LogP contribution in [0.1, 0.15) is 22.3 Å². The van der Waals surface area contributed by atoms with E-state index < -0.39 is 0 Å². The molecule has 0 bridgehead atoms. The Morgan fingerprint density at radius 2 is 1.58 bits per heavy atom. The molecule has 3 aromatic rings. The Labute approximate surface area is 164 Å². The predicted octanol–water partition coefficient (Wildman–Crippen LogP) is 5.69. The molecule has 0 fully saturated rings. The zero-order valence-corrected chi connectivity index (χ0v) is 16.1. The second-order valence-electron chi connectivity index (χ2n) is 6.01. The molecule has 0 aromatic heterocycles. The molecule has 3 rings (SSSR count). The molecule has 0 radical (unpaired) electrons. The smallest absolute Gasteiger partial charge is 0.119 e. The Morgan fingerprint density at radius 3 is 2.27 bits per heavy atom. The van der Waals surface area contributed by atoms with Crippen LogP contribution in [0, 0.1) is 6.92 Å². The summed E-state index contributed by atoms with van der Waals surface area (Å²) in [6.07, 6.45) is 0. The van der Waals surface area contributed by atoms with Gasteiger partial charge in [-0.05, 0) is 48.4 Å². The minimum absolute atomic E-state index is 0.439. The Morgan fingerprint density at radius 1 is 0.923 bits per heavy atom. The van der Waals surface area contributed by atoms with E-state index in [2.05, 4.69) is 24.4 Å². The summed E-state index contributed by atoms with van der Waals surface area (Å²) >= 11 is 11.6. The van der Waals surface area contributed by atoms with E-state index in [1.54, 1.807) is 0 Å². The van der Waals surface area contributed by atoms with Gasteiger partial charge in [0.05, 0.1) is 0 Å². The third-order valence-electron chi connectivity index (χ3n) is 4.17. The van der Waals surface area contributed by atoms with E-state index in [4.69, 9.17) is 28.6 Å².